The summed E-state index contributed by atoms with van der Waals surface area (Å²) in [6.07, 6.45) is 4.85. The van der Waals surface area contributed by atoms with E-state index < -0.39 is 0 Å². The van der Waals surface area contributed by atoms with Crippen molar-refractivity contribution in [2.75, 3.05) is 18.5 Å². The molecule has 128 valence electrons. The highest BCUT2D eigenvalue weighted by molar-refractivity contribution is 5.94. The monoisotopic (exact) mass is 327 g/mol. The van der Waals surface area contributed by atoms with Gasteiger partial charge in [-0.05, 0) is 37.6 Å². The third-order valence-corrected chi connectivity index (χ3v) is 3.54. The first-order valence-electron chi connectivity index (χ1n) is 8.47. The lowest BCUT2D eigenvalue weighted by Gasteiger charge is -2.12. The number of unbranched alkanes of at least 4 members (excludes halogenated alkanes) is 2. The van der Waals surface area contributed by atoms with Gasteiger partial charge < -0.3 is 15.4 Å². The molecule has 5 nitrogen and oxygen atoms in total. The maximum atomic E-state index is 12.0. The molecule has 0 aliphatic rings. The summed E-state index contributed by atoms with van der Waals surface area (Å²) in [7, 11) is 0. The predicted molar refractivity (Wildman–Crippen MR) is 97.0 cm³/mol. The molecule has 1 aromatic carbocycles. The third kappa shape index (κ3) is 5.26. The fourth-order valence-corrected chi connectivity index (χ4v) is 2.27. The van der Waals surface area contributed by atoms with E-state index in [2.05, 4.69) is 22.5 Å². The number of hydrogen-bond donors (Lipinski definition) is 2. The van der Waals surface area contributed by atoms with Crippen LogP contribution in [0, 0.1) is 0 Å². The van der Waals surface area contributed by atoms with Crippen molar-refractivity contribution in [2.24, 2.45) is 0 Å². The first-order chi connectivity index (χ1) is 11.7. The normalized spacial score (nSPS) is 10.2. The molecule has 0 aliphatic heterocycles. The second-order valence-corrected chi connectivity index (χ2v) is 5.45. The molecule has 0 bridgehead atoms. The number of anilines is 2. The predicted octanol–water partition coefficient (Wildman–Crippen LogP) is 4.14. The van der Waals surface area contributed by atoms with Gasteiger partial charge >= 0.3 is 0 Å². The summed E-state index contributed by atoms with van der Waals surface area (Å²) in [5.41, 5.74) is 1.42. The summed E-state index contributed by atoms with van der Waals surface area (Å²) in [6, 6.07) is 11.3. The molecule has 0 unspecified atom stereocenters. The van der Waals surface area contributed by atoms with Crippen LogP contribution < -0.4 is 15.4 Å². The van der Waals surface area contributed by atoms with Gasteiger partial charge in [-0.2, -0.15) is 0 Å². The molecular weight excluding hydrogens is 302 g/mol. The Labute approximate surface area is 143 Å². The zero-order chi connectivity index (χ0) is 17.2. The van der Waals surface area contributed by atoms with Crippen LogP contribution in [0.2, 0.25) is 0 Å². The molecule has 1 amide bonds. The van der Waals surface area contributed by atoms with Gasteiger partial charge in [-0.3, -0.25) is 4.79 Å². The van der Waals surface area contributed by atoms with Crippen LogP contribution >= 0.6 is 0 Å². The van der Waals surface area contributed by atoms with Crippen LogP contribution in [-0.2, 0) is 0 Å². The molecule has 0 fully saturated rings. The number of carbonyl (C=O) groups excluding carboxylic acids is 1. The summed E-state index contributed by atoms with van der Waals surface area (Å²) in [5, 5.41) is 6.12. The number of benzene rings is 1. The summed E-state index contributed by atoms with van der Waals surface area (Å²) >= 11 is 0. The largest absolute Gasteiger partial charge is 0.492 e. The van der Waals surface area contributed by atoms with E-state index in [1.807, 2.05) is 31.2 Å². The highest BCUT2D eigenvalue weighted by atomic mass is 16.5. The van der Waals surface area contributed by atoms with Gasteiger partial charge in [-0.1, -0.05) is 31.9 Å². The number of nitrogens with zero attached hydrogens (tertiary/aromatic N) is 1. The average Bonchev–Trinajstić information content (AvgIpc) is 2.61. The minimum Gasteiger partial charge on any atom is -0.492 e. The molecule has 2 N–H and O–H groups in total. The van der Waals surface area contributed by atoms with E-state index >= 15 is 0 Å². The van der Waals surface area contributed by atoms with Crippen molar-refractivity contribution < 1.29 is 9.53 Å². The van der Waals surface area contributed by atoms with E-state index in [4.69, 9.17) is 4.74 Å². The molecule has 0 saturated heterocycles. The van der Waals surface area contributed by atoms with Gasteiger partial charge in [0.15, 0.2) is 0 Å². The Morgan fingerprint density at radius 1 is 1.12 bits per heavy atom. The first kappa shape index (κ1) is 17.8. The van der Waals surface area contributed by atoms with E-state index in [9.17, 15) is 4.79 Å². The number of pyridine rings is 1. The molecule has 5 heteroatoms. The van der Waals surface area contributed by atoms with E-state index in [0.717, 1.165) is 30.7 Å². The summed E-state index contributed by atoms with van der Waals surface area (Å²) < 4.78 is 5.58. The number of aromatic nitrogens is 1. The molecule has 0 aliphatic carbocycles. The van der Waals surface area contributed by atoms with Crippen molar-refractivity contribution in [3.8, 4) is 5.75 Å². The van der Waals surface area contributed by atoms with Gasteiger partial charge in [-0.25, -0.2) is 4.98 Å². The second kappa shape index (κ2) is 9.55. The van der Waals surface area contributed by atoms with Crippen molar-refractivity contribution in [2.45, 2.75) is 33.1 Å². The third-order valence-electron chi connectivity index (χ3n) is 3.54. The maximum absolute atomic E-state index is 12.0. The molecule has 0 spiro atoms. The molecule has 1 aromatic heterocycles. The van der Waals surface area contributed by atoms with E-state index in [1.165, 1.54) is 0 Å². The Morgan fingerprint density at radius 2 is 1.96 bits per heavy atom. The summed E-state index contributed by atoms with van der Waals surface area (Å²) in [6.45, 7) is 5.39. The van der Waals surface area contributed by atoms with Gasteiger partial charge in [-0.15, -0.1) is 0 Å². The molecule has 0 atom stereocenters. The van der Waals surface area contributed by atoms with E-state index in [1.54, 1.807) is 18.3 Å². The number of para-hydroxylation sites is 2. The number of hydrogen-bond acceptors (Lipinski definition) is 4. The minimum atomic E-state index is -0.0835. The summed E-state index contributed by atoms with van der Waals surface area (Å²) in [5.74, 6) is 1.36. The lowest BCUT2D eigenvalue weighted by Crippen LogP contribution is -2.24. The standard InChI is InChI=1S/C19H25N3O2/c1-3-5-8-13-20-19(23)15-11-12-18(21-14-15)22-16-9-6-7-10-17(16)24-4-2/h6-7,9-12,14H,3-5,8,13H2,1-2H3,(H,20,23)(H,21,22). The van der Waals surface area contributed by atoms with Crippen LogP contribution in [0.1, 0.15) is 43.5 Å². The van der Waals surface area contributed by atoms with Gasteiger partial charge in [0.1, 0.15) is 11.6 Å². The topological polar surface area (TPSA) is 63.2 Å². The summed E-state index contributed by atoms with van der Waals surface area (Å²) in [4.78, 5) is 16.3. The molecule has 2 rings (SSSR count). The Balaban J connectivity index is 1.96. The van der Waals surface area contributed by atoms with E-state index in [0.29, 0.717) is 24.5 Å². The zero-order valence-corrected chi connectivity index (χ0v) is 14.3. The lowest BCUT2D eigenvalue weighted by molar-refractivity contribution is 0.0952. The van der Waals surface area contributed by atoms with Crippen LogP contribution in [0.15, 0.2) is 42.6 Å². The van der Waals surface area contributed by atoms with Crippen LogP contribution in [0.5, 0.6) is 5.75 Å². The number of ether oxygens (including phenoxy) is 1. The van der Waals surface area contributed by atoms with Gasteiger partial charge in [0.2, 0.25) is 0 Å². The zero-order valence-electron chi connectivity index (χ0n) is 14.3. The SMILES string of the molecule is CCCCCNC(=O)c1ccc(Nc2ccccc2OCC)nc1. The fraction of sp³-hybridized carbons (Fsp3) is 0.368. The quantitative estimate of drug-likeness (QED) is 0.679. The maximum Gasteiger partial charge on any atom is 0.252 e. The molecule has 0 saturated carbocycles. The van der Waals surface area contributed by atoms with Crippen LogP contribution in [-0.4, -0.2) is 24.0 Å². The van der Waals surface area contributed by atoms with Crippen molar-refractivity contribution in [3.05, 3.63) is 48.2 Å². The lowest BCUT2D eigenvalue weighted by atomic mass is 10.2. The van der Waals surface area contributed by atoms with Gasteiger partial charge in [0, 0.05) is 12.7 Å². The van der Waals surface area contributed by atoms with Crippen molar-refractivity contribution in [1.29, 1.82) is 0 Å². The molecule has 24 heavy (non-hydrogen) atoms. The van der Waals surface area contributed by atoms with Gasteiger partial charge in [0.25, 0.3) is 5.91 Å². The van der Waals surface area contributed by atoms with Crippen molar-refractivity contribution in [1.82, 2.24) is 10.3 Å². The van der Waals surface area contributed by atoms with Gasteiger partial charge in [0.05, 0.1) is 17.9 Å². The smallest absolute Gasteiger partial charge is 0.252 e. The Bertz CT molecular complexity index is 641. The second-order valence-electron chi connectivity index (χ2n) is 5.45. The molecular formula is C19H25N3O2. The van der Waals surface area contributed by atoms with Crippen LogP contribution in [0.3, 0.4) is 0 Å². The van der Waals surface area contributed by atoms with Crippen LogP contribution in [0.4, 0.5) is 11.5 Å². The number of amides is 1. The fourth-order valence-electron chi connectivity index (χ4n) is 2.27. The molecule has 2 aromatic rings. The Kier molecular flexibility index (Phi) is 7.08. The number of carbonyl (C=O) groups is 1. The number of nitrogens with one attached hydrogen (secondary N) is 2. The van der Waals surface area contributed by atoms with Crippen molar-refractivity contribution in [3.63, 3.8) is 0 Å². The molecule has 1 heterocycles. The Morgan fingerprint density at radius 3 is 2.67 bits per heavy atom. The Hall–Kier alpha value is -2.56. The molecule has 0 radical (unpaired) electrons. The first-order valence-corrected chi connectivity index (χ1v) is 8.47. The highest BCUT2D eigenvalue weighted by Gasteiger charge is 2.07. The number of rotatable bonds is 9. The highest BCUT2D eigenvalue weighted by Crippen LogP contribution is 2.26. The minimum absolute atomic E-state index is 0.0835. The average molecular weight is 327 g/mol. The van der Waals surface area contributed by atoms with E-state index in [-0.39, 0.29) is 5.91 Å². The van der Waals surface area contributed by atoms with Crippen molar-refractivity contribution >= 4 is 17.4 Å². The van der Waals surface area contributed by atoms with Crippen LogP contribution in [0.25, 0.3) is 0 Å².